The molecule has 0 unspecified atom stereocenters. The fourth-order valence-electron chi connectivity index (χ4n) is 2.93. The van der Waals surface area contributed by atoms with E-state index in [4.69, 9.17) is 4.74 Å². The number of nitrogens with zero attached hydrogens (tertiary/aromatic N) is 2. The zero-order valence-corrected chi connectivity index (χ0v) is 12.8. The Morgan fingerprint density at radius 1 is 1.52 bits per heavy atom. The first-order valence-electron chi connectivity index (χ1n) is 7.13. The molecule has 4 amide bonds. The normalized spacial score (nSPS) is 32.9. The van der Waals surface area contributed by atoms with Gasteiger partial charge in [0.05, 0.1) is 12.7 Å². The standard InChI is InChI=1S/C13H19N3O4S/c1-9-6-15(3-4-20-9)10(17)7-16-11(18)13(14-12(16)19)2-5-21-8-13/h9H,2-8H2,1H3,(H,14,19)/t9-,13-/m1/s1. The summed E-state index contributed by atoms with van der Waals surface area (Å²) in [5, 5.41) is 2.77. The van der Waals surface area contributed by atoms with Crippen molar-refractivity contribution in [3.63, 3.8) is 0 Å². The van der Waals surface area contributed by atoms with Crippen molar-refractivity contribution in [2.75, 3.05) is 37.7 Å². The van der Waals surface area contributed by atoms with Gasteiger partial charge in [-0.25, -0.2) is 4.79 Å². The van der Waals surface area contributed by atoms with E-state index < -0.39 is 11.6 Å². The maximum absolute atomic E-state index is 12.5. The number of hydrogen-bond donors (Lipinski definition) is 1. The largest absolute Gasteiger partial charge is 0.375 e. The average Bonchev–Trinajstić information content (AvgIpc) is 3.00. The van der Waals surface area contributed by atoms with E-state index in [2.05, 4.69) is 5.32 Å². The Morgan fingerprint density at radius 2 is 2.33 bits per heavy atom. The monoisotopic (exact) mass is 313 g/mol. The van der Waals surface area contributed by atoms with Gasteiger partial charge >= 0.3 is 6.03 Å². The summed E-state index contributed by atoms with van der Waals surface area (Å²) in [4.78, 5) is 39.5. The quantitative estimate of drug-likeness (QED) is 0.706. The van der Waals surface area contributed by atoms with Crippen LogP contribution in [0.2, 0.25) is 0 Å². The van der Waals surface area contributed by atoms with Crippen LogP contribution in [0.5, 0.6) is 0 Å². The SMILES string of the molecule is C[C@@H]1CN(C(=O)CN2C(=O)N[C@@]3(CCSC3)C2=O)CCO1. The highest BCUT2D eigenvalue weighted by Gasteiger charge is 2.53. The van der Waals surface area contributed by atoms with Crippen molar-refractivity contribution in [1.82, 2.24) is 15.1 Å². The highest BCUT2D eigenvalue weighted by atomic mass is 32.2. The van der Waals surface area contributed by atoms with Gasteiger partial charge in [0, 0.05) is 18.8 Å². The maximum atomic E-state index is 12.5. The summed E-state index contributed by atoms with van der Waals surface area (Å²) in [6, 6.07) is -0.447. The van der Waals surface area contributed by atoms with Crippen LogP contribution in [-0.2, 0) is 14.3 Å². The highest BCUT2D eigenvalue weighted by Crippen LogP contribution is 2.33. The third-order valence-electron chi connectivity index (χ3n) is 4.15. The van der Waals surface area contributed by atoms with E-state index in [1.807, 2.05) is 6.92 Å². The molecule has 0 aromatic carbocycles. The lowest BCUT2D eigenvalue weighted by molar-refractivity contribution is -0.142. The second-order valence-corrected chi connectivity index (χ2v) is 6.83. The molecule has 2 atom stereocenters. The molecule has 0 aliphatic carbocycles. The van der Waals surface area contributed by atoms with E-state index in [1.165, 1.54) is 0 Å². The van der Waals surface area contributed by atoms with Crippen LogP contribution in [0.15, 0.2) is 0 Å². The fourth-order valence-corrected chi connectivity index (χ4v) is 4.26. The number of thioether (sulfide) groups is 1. The average molecular weight is 313 g/mol. The van der Waals surface area contributed by atoms with Gasteiger partial charge in [-0.1, -0.05) is 0 Å². The predicted octanol–water partition coefficient (Wildman–Crippen LogP) is -0.339. The Labute approximate surface area is 127 Å². The van der Waals surface area contributed by atoms with Gasteiger partial charge in [-0.2, -0.15) is 11.8 Å². The lowest BCUT2D eigenvalue weighted by Crippen LogP contribution is -2.50. The zero-order valence-electron chi connectivity index (χ0n) is 12.0. The lowest BCUT2D eigenvalue weighted by atomic mass is 9.99. The van der Waals surface area contributed by atoms with Gasteiger partial charge in [0.2, 0.25) is 5.91 Å². The number of hydrogen-bond acceptors (Lipinski definition) is 5. The minimum absolute atomic E-state index is 0.0108. The molecular weight excluding hydrogens is 294 g/mol. The van der Waals surface area contributed by atoms with E-state index in [0.717, 1.165) is 10.7 Å². The van der Waals surface area contributed by atoms with Crippen molar-refractivity contribution in [1.29, 1.82) is 0 Å². The molecule has 0 saturated carbocycles. The number of nitrogens with one attached hydrogen (secondary N) is 1. The molecule has 7 nitrogen and oxygen atoms in total. The topological polar surface area (TPSA) is 79.0 Å². The first kappa shape index (κ1) is 14.6. The van der Waals surface area contributed by atoms with Crippen molar-refractivity contribution in [3.8, 4) is 0 Å². The summed E-state index contributed by atoms with van der Waals surface area (Å²) in [5.41, 5.74) is -0.777. The Balaban J connectivity index is 1.65. The molecule has 1 spiro atoms. The molecule has 0 aromatic rings. The zero-order chi connectivity index (χ0) is 15.0. The van der Waals surface area contributed by atoms with Crippen molar-refractivity contribution in [2.45, 2.75) is 25.0 Å². The molecule has 1 N–H and O–H groups in total. The van der Waals surface area contributed by atoms with Crippen LogP contribution in [0.1, 0.15) is 13.3 Å². The van der Waals surface area contributed by atoms with Gasteiger partial charge in [0.15, 0.2) is 0 Å². The van der Waals surface area contributed by atoms with E-state index in [9.17, 15) is 14.4 Å². The third kappa shape index (κ3) is 2.62. The summed E-state index contributed by atoms with van der Waals surface area (Å²) in [7, 11) is 0. The van der Waals surface area contributed by atoms with Gasteiger partial charge in [0.25, 0.3) is 5.91 Å². The molecule has 0 aromatic heterocycles. The number of amides is 4. The summed E-state index contributed by atoms with van der Waals surface area (Å²) < 4.78 is 5.39. The van der Waals surface area contributed by atoms with Gasteiger partial charge in [-0.05, 0) is 19.1 Å². The number of imide groups is 1. The first-order chi connectivity index (χ1) is 10.0. The van der Waals surface area contributed by atoms with Gasteiger partial charge in [-0.15, -0.1) is 0 Å². The van der Waals surface area contributed by atoms with Crippen molar-refractivity contribution < 1.29 is 19.1 Å². The van der Waals surface area contributed by atoms with Gasteiger partial charge in [-0.3, -0.25) is 14.5 Å². The molecule has 3 fully saturated rings. The van der Waals surface area contributed by atoms with Crippen LogP contribution < -0.4 is 5.32 Å². The van der Waals surface area contributed by atoms with Crippen LogP contribution in [0.3, 0.4) is 0 Å². The molecule has 3 rings (SSSR count). The number of urea groups is 1. The summed E-state index contributed by atoms with van der Waals surface area (Å²) in [6.45, 7) is 3.23. The predicted molar refractivity (Wildman–Crippen MR) is 76.9 cm³/mol. The van der Waals surface area contributed by atoms with Crippen LogP contribution in [0, 0.1) is 0 Å². The van der Waals surface area contributed by atoms with E-state index in [1.54, 1.807) is 16.7 Å². The molecule has 0 bridgehead atoms. The van der Waals surface area contributed by atoms with Crippen molar-refractivity contribution in [2.24, 2.45) is 0 Å². The first-order valence-corrected chi connectivity index (χ1v) is 8.28. The van der Waals surface area contributed by atoms with Crippen LogP contribution >= 0.6 is 11.8 Å². The Bertz CT molecular complexity index is 478. The van der Waals surface area contributed by atoms with Crippen LogP contribution in [-0.4, -0.2) is 77.0 Å². The molecule has 3 aliphatic rings. The molecule has 3 aliphatic heterocycles. The number of ether oxygens (including phenoxy) is 1. The maximum Gasteiger partial charge on any atom is 0.325 e. The van der Waals surface area contributed by atoms with E-state index in [0.29, 0.717) is 31.9 Å². The Kier molecular flexibility index (Phi) is 3.83. The number of carbonyl (C=O) groups excluding carboxylic acids is 3. The van der Waals surface area contributed by atoms with Crippen molar-refractivity contribution in [3.05, 3.63) is 0 Å². The van der Waals surface area contributed by atoms with Crippen LogP contribution in [0.25, 0.3) is 0 Å². The van der Waals surface area contributed by atoms with Gasteiger partial charge in [0.1, 0.15) is 12.1 Å². The van der Waals surface area contributed by atoms with Crippen LogP contribution in [0.4, 0.5) is 4.79 Å². The number of morpholine rings is 1. The molecule has 116 valence electrons. The van der Waals surface area contributed by atoms with Gasteiger partial charge < -0.3 is 15.0 Å². The summed E-state index contributed by atoms with van der Waals surface area (Å²) in [5.74, 6) is 0.995. The van der Waals surface area contributed by atoms with Crippen molar-refractivity contribution >= 4 is 29.6 Å². The fraction of sp³-hybridized carbons (Fsp3) is 0.769. The molecule has 3 heterocycles. The molecule has 8 heteroatoms. The summed E-state index contributed by atoms with van der Waals surface area (Å²) in [6.07, 6.45) is 0.630. The Morgan fingerprint density at radius 3 is 3.00 bits per heavy atom. The highest BCUT2D eigenvalue weighted by molar-refractivity contribution is 7.99. The molecular formula is C13H19N3O4S. The van der Waals surface area contributed by atoms with E-state index >= 15 is 0 Å². The minimum atomic E-state index is -0.777. The second kappa shape index (κ2) is 5.49. The molecule has 21 heavy (non-hydrogen) atoms. The van der Waals surface area contributed by atoms with E-state index in [-0.39, 0.29) is 24.5 Å². The number of carbonyl (C=O) groups is 3. The second-order valence-electron chi connectivity index (χ2n) is 5.73. The number of rotatable bonds is 2. The lowest BCUT2D eigenvalue weighted by Gasteiger charge is -2.32. The molecule has 0 radical (unpaired) electrons. The third-order valence-corrected chi connectivity index (χ3v) is 5.34. The minimum Gasteiger partial charge on any atom is -0.375 e. The summed E-state index contributed by atoms with van der Waals surface area (Å²) >= 11 is 1.65. The molecule has 3 saturated heterocycles. The smallest absolute Gasteiger partial charge is 0.325 e. The Hall–Kier alpha value is -1.28.